The Morgan fingerprint density at radius 1 is 1.25 bits per heavy atom. The molecule has 0 aliphatic carbocycles. The number of pyridine rings is 2. The van der Waals surface area contributed by atoms with E-state index >= 15 is 0 Å². The molecule has 2 saturated heterocycles. The Morgan fingerprint density at radius 3 is 2.82 bits per heavy atom. The van der Waals surface area contributed by atoms with E-state index in [-0.39, 0.29) is 17.6 Å². The second-order valence-electron chi connectivity index (χ2n) is 7.86. The summed E-state index contributed by atoms with van der Waals surface area (Å²) in [5, 5.41) is 0. The summed E-state index contributed by atoms with van der Waals surface area (Å²) in [6.45, 7) is 6.00. The molecular weight excluding hydrogens is 354 g/mol. The molecule has 1 unspecified atom stereocenters. The highest BCUT2D eigenvalue weighted by atomic mass is 16.5. The van der Waals surface area contributed by atoms with Crippen molar-refractivity contribution in [1.82, 2.24) is 14.9 Å². The summed E-state index contributed by atoms with van der Waals surface area (Å²) in [4.78, 5) is 23.3. The van der Waals surface area contributed by atoms with Crippen LogP contribution in [0.1, 0.15) is 47.3 Å². The Bertz CT molecular complexity index is 846. The summed E-state index contributed by atoms with van der Waals surface area (Å²) in [6, 6.07) is 7.73. The maximum Gasteiger partial charge on any atom is 0.255 e. The molecule has 4 heterocycles. The van der Waals surface area contributed by atoms with Gasteiger partial charge in [0.05, 0.1) is 17.8 Å². The molecule has 6 heteroatoms. The normalized spacial score (nSPS) is 21.5. The van der Waals surface area contributed by atoms with E-state index < -0.39 is 0 Å². The van der Waals surface area contributed by atoms with E-state index in [1.807, 2.05) is 43.0 Å². The number of ether oxygens (including phenoxy) is 2. The number of hydrogen-bond acceptors (Lipinski definition) is 5. The number of hydrogen-bond donors (Lipinski definition) is 0. The van der Waals surface area contributed by atoms with E-state index in [0.717, 1.165) is 36.9 Å². The second-order valence-corrected chi connectivity index (χ2v) is 7.86. The van der Waals surface area contributed by atoms with E-state index in [1.165, 1.54) is 0 Å². The Morgan fingerprint density at radius 2 is 2.07 bits per heavy atom. The van der Waals surface area contributed by atoms with Crippen LogP contribution < -0.4 is 4.74 Å². The van der Waals surface area contributed by atoms with Crippen LogP contribution in [0.3, 0.4) is 0 Å². The van der Waals surface area contributed by atoms with Gasteiger partial charge in [0.2, 0.25) is 5.88 Å². The van der Waals surface area contributed by atoms with Crippen LogP contribution in [0.25, 0.3) is 0 Å². The number of likely N-dealkylation sites (tertiary alicyclic amines) is 1. The zero-order chi connectivity index (χ0) is 19.6. The van der Waals surface area contributed by atoms with Gasteiger partial charge >= 0.3 is 0 Å². The summed E-state index contributed by atoms with van der Waals surface area (Å²) >= 11 is 0. The minimum atomic E-state index is -0.201. The van der Waals surface area contributed by atoms with Gasteiger partial charge in [0, 0.05) is 50.1 Å². The van der Waals surface area contributed by atoms with Crippen LogP contribution in [0, 0.1) is 13.8 Å². The van der Waals surface area contributed by atoms with Gasteiger partial charge in [-0.1, -0.05) is 6.07 Å². The van der Waals surface area contributed by atoms with Gasteiger partial charge in [-0.2, -0.15) is 0 Å². The molecule has 28 heavy (non-hydrogen) atoms. The van der Waals surface area contributed by atoms with Crippen LogP contribution >= 0.6 is 0 Å². The Balaban J connectivity index is 1.38. The first-order chi connectivity index (χ1) is 13.5. The number of nitrogens with zero attached hydrogens (tertiary/aromatic N) is 3. The maximum atomic E-state index is 12.8. The molecule has 2 aliphatic heterocycles. The van der Waals surface area contributed by atoms with Gasteiger partial charge in [0.1, 0.15) is 6.10 Å². The van der Waals surface area contributed by atoms with E-state index in [1.54, 1.807) is 12.4 Å². The van der Waals surface area contributed by atoms with E-state index in [9.17, 15) is 4.79 Å². The highest BCUT2D eigenvalue weighted by Gasteiger charge is 2.42. The molecule has 0 N–H and O–H groups in total. The monoisotopic (exact) mass is 381 g/mol. The van der Waals surface area contributed by atoms with Gasteiger partial charge in [-0.25, -0.2) is 4.98 Å². The summed E-state index contributed by atoms with van der Waals surface area (Å²) in [5.41, 5.74) is 2.41. The highest BCUT2D eigenvalue weighted by Crippen LogP contribution is 2.36. The minimum Gasteiger partial charge on any atom is -0.474 e. The second kappa shape index (κ2) is 7.87. The minimum absolute atomic E-state index is 0.0630. The number of piperidine rings is 1. The molecule has 4 rings (SSSR count). The van der Waals surface area contributed by atoms with Gasteiger partial charge < -0.3 is 14.4 Å². The van der Waals surface area contributed by atoms with Crippen molar-refractivity contribution in [3.05, 3.63) is 53.5 Å². The average molecular weight is 381 g/mol. The molecule has 1 amide bonds. The Labute approximate surface area is 165 Å². The molecule has 1 spiro atoms. The molecule has 1 atom stereocenters. The average Bonchev–Trinajstić information content (AvgIpc) is 2.69. The number of carbonyl (C=O) groups excluding carboxylic acids is 1. The summed E-state index contributed by atoms with van der Waals surface area (Å²) in [7, 11) is 0. The molecule has 2 aliphatic rings. The molecule has 148 valence electrons. The molecule has 0 radical (unpaired) electrons. The molecule has 0 bridgehead atoms. The van der Waals surface area contributed by atoms with Crippen molar-refractivity contribution in [3.8, 4) is 5.88 Å². The van der Waals surface area contributed by atoms with Crippen molar-refractivity contribution in [2.75, 3.05) is 19.7 Å². The largest absolute Gasteiger partial charge is 0.474 e. The zero-order valence-corrected chi connectivity index (χ0v) is 16.6. The van der Waals surface area contributed by atoms with Crippen molar-refractivity contribution in [3.63, 3.8) is 0 Å². The fourth-order valence-corrected chi connectivity index (χ4v) is 4.16. The van der Waals surface area contributed by atoms with Gasteiger partial charge in [0.25, 0.3) is 5.91 Å². The van der Waals surface area contributed by atoms with E-state index in [4.69, 9.17) is 9.47 Å². The summed E-state index contributed by atoms with van der Waals surface area (Å²) < 4.78 is 12.3. The molecule has 0 aromatic carbocycles. The number of amides is 1. The quantitative estimate of drug-likeness (QED) is 0.816. The number of rotatable bonds is 3. The van der Waals surface area contributed by atoms with Crippen LogP contribution in [0.2, 0.25) is 0 Å². The lowest BCUT2D eigenvalue weighted by atomic mass is 9.83. The standard InChI is InChI=1S/C22H27N3O3/c1-16-6-10-23-15-19(16)21(26)25-11-8-22(9-12-25)14-18(7-13-27-22)28-20-5-3-4-17(2)24-20/h3-6,10,15,18H,7-9,11-14H2,1-2H3. The molecule has 2 fully saturated rings. The molecular formula is C22H27N3O3. The fourth-order valence-electron chi connectivity index (χ4n) is 4.16. The zero-order valence-electron chi connectivity index (χ0n) is 16.6. The highest BCUT2D eigenvalue weighted by molar-refractivity contribution is 5.95. The SMILES string of the molecule is Cc1cccc(OC2CCOC3(CCN(C(=O)c4cnccc4C)CC3)C2)n1. The summed E-state index contributed by atoms with van der Waals surface area (Å²) in [6.07, 6.45) is 6.86. The Kier molecular flexibility index (Phi) is 5.31. The number of aryl methyl sites for hydroxylation is 2. The first kappa shape index (κ1) is 18.9. The van der Waals surface area contributed by atoms with Gasteiger partial charge in [-0.3, -0.25) is 9.78 Å². The maximum absolute atomic E-state index is 12.8. The van der Waals surface area contributed by atoms with Gasteiger partial charge in [-0.15, -0.1) is 0 Å². The van der Waals surface area contributed by atoms with Crippen LogP contribution in [0.15, 0.2) is 36.7 Å². The van der Waals surface area contributed by atoms with Crippen molar-refractivity contribution in [2.24, 2.45) is 0 Å². The molecule has 2 aromatic heterocycles. The predicted molar refractivity (Wildman–Crippen MR) is 105 cm³/mol. The fraction of sp³-hybridized carbons (Fsp3) is 0.500. The molecule has 6 nitrogen and oxygen atoms in total. The lowest BCUT2D eigenvalue weighted by Crippen LogP contribution is -2.52. The number of carbonyl (C=O) groups is 1. The number of aromatic nitrogens is 2. The smallest absolute Gasteiger partial charge is 0.255 e. The van der Waals surface area contributed by atoms with Crippen LogP contribution in [0.5, 0.6) is 5.88 Å². The predicted octanol–water partition coefficient (Wildman–Crippen LogP) is 3.33. The van der Waals surface area contributed by atoms with Crippen LogP contribution in [-0.2, 0) is 4.74 Å². The first-order valence-corrected chi connectivity index (χ1v) is 9.99. The van der Waals surface area contributed by atoms with Crippen molar-refractivity contribution in [1.29, 1.82) is 0 Å². The lowest BCUT2D eigenvalue weighted by Gasteiger charge is -2.46. The van der Waals surface area contributed by atoms with Gasteiger partial charge in [0.15, 0.2) is 0 Å². The third-order valence-corrected chi connectivity index (χ3v) is 5.83. The Hall–Kier alpha value is -2.47. The van der Waals surface area contributed by atoms with Crippen molar-refractivity contribution in [2.45, 2.75) is 51.2 Å². The molecule has 2 aromatic rings. The van der Waals surface area contributed by atoms with E-state index in [2.05, 4.69) is 9.97 Å². The third-order valence-electron chi connectivity index (χ3n) is 5.83. The molecule has 0 saturated carbocycles. The van der Waals surface area contributed by atoms with E-state index in [0.29, 0.717) is 31.1 Å². The summed E-state index contributed by atoms with van der Waals surface area (Å²) in [5.74, 6) is 0.745. The first-order valence-electron chi connectivity index (χ1n) is 9.99. The van der Waals surface area contributed by atoms with Crippen LogP contribution in [0.4, 0.5) is 0 Å². The van der Waals surface area contributed by atoms with Crippen molar-refractivity contribution >= 4 is 5.91 Å². The lowest BCUT2D eigenvalue weighted by molar-refractivity contribution is -0.135. The van der Waals surface area contributed by atoms with Crippen LogP contribution in [-0.4, -0.2) is 52.2 Å². The van der Waals surface area contributed by atoms with Gasteiger partial charge in [-0.05, 0) is 44.4 Å². The topological polar surface area (TPSA) is 64.6 Å². The third kappa shape index (κ3) is 4.02. The van der Waals surface area contributed by atoms with Crippen molar-refractivity contribution < 1.29 is 14.3 Å².